The van der Waals surface area contributed by atoms with Crippen molar-refractivity contribution in [3.8, 4) is 5.75 Å². The van der Waals surface area contributed by atoms with Gasteiger partial charge in [0, 0.05) is 13.0 Å². The minimum atomic E-state index is -0.129. The predicted octanol–water partition coefficient (Wildman–Crippen LogP) is 2.08. The Labute approximate surface area is 128 Å². The van der Waals surface area contributed by atoms with Crippen molar-refractivity contribution in [2.45, 2.75) is 25.9 Å². The molecule has 1 fully saturated rings. The van der Waals surface area contributed by atoms with E-state index in [4.69, 9.17) is 16.3 Å². The average Bonchev–Trinajstić information content (AvgIpc) is 2.84. The van der Waals surface area contributed by atoms with Crippen molar-refractivity contribution in [3.05, 3.63) is 23.2 Å². The summed E-state index contributed by atoms with van der Waals surface area (Å²) in [6, 6.07) is 5.35. The maximum Gasteiger partial charge on any atom is 0.246 e. The van der Waals surface area contributed by atoms with Crippen LogP contribution in [-0.4, -0.2) is 42.5 Å². The molecule has 2 heterocycles. The first kappa shape index (κ1) is 14.2. The first-order valence-corrected chi connectivity index (χ1v) is 7.47. The Morgan fingerprint density at radius 3 is 3.00 bits per heavy atom. The highest BCUT2D eigenvalue weighted by Crippen LogP contribution is 2.39. The second-order valence-electron chi connectivity index (χ2n) is 5.44. The molecule has 21 heavy (non-hydrogen) atoms. The van der Waals surface area contributed by atoms with Crippen molar-refractivity contribution in [2.75, 3.05) is 24.5 Å². The highest BCUT2D eigenvalue weighted by atomic mass is 35.5. The monoisotopic (exact) mass is 308 g/mol. The van der Waals surface area contributed by atoms with Crippen LogP contribution in [0.2, 0.25) is 5.02 Å². The molecule has 0 saturated carbocycles. The fourth-order valence-electron chi connectivity index (χ4n) is 2.78. The third-order valence-corrected chi connectivity index (χ3v) is 4.09. The van der Waals surface area contributed by atoms with E-state index in [1.807, 2.05) is 13.0 Å². The van der Waals surface area contributed by atoms with Gasteiger partial charge in [-0.15, -0.1) is 0 Å². The van der Waals surface area contributed by atoms with Crippen LogP contribution in [-0.2, 0) is 9.59 Å². The number of para-hydroxylation sites is 1. The fraction of sp³-hybridized carbons (Fsp3) is 0.467. The predicted molar refractivity (Wildman–Crippen MR) is 79.7 cm³/mol. The molecule has 0 radical (unpaired) electrons. The summed E-state index contributed by atoms with van der Waals surface area (Å²) in [7, 11) is 0. The van der Waals surface area contributed by atoms with Gasteiger partial charge in [0.05, 0.1) is 17.3 Å². The molecule has 0 bridgehead atoms. The largest absolute Gasteiger partial charge is 0.485 e. The SMILES string of the molecule is C[C@H]1CN(C(=O)CN2CCCC2=O)c2cccc(Cl)c2O1. The molecule has 5 nitrogen and oxygen atoms in total. The number of amides is 2. The topological polar surface area (TPSA) is 49.9 Å². The van der Waals surface area contributed by atoms with E-state index in [1.165, 1.54) is 0 Å². The fourth-order valence-corrected chi connectivity index (χ4v) is 2.99. The van der Waals surface area contributed by atoms with Gasteiger partial charge in [-0.1, -0.05) is 17.7 Å². The van der Waals surface area contributed by atoms with Crippen LogP contribution in [0, 0.1) is 0 Å². The Hall–Kier alpha value is -1.75. The van der Waals surface area contributed by atoms with Gasteiger partial charge in [-0.2, -0.15) is 0 Å². The Bertz CT molecular complexity index is 590. The molecular weight excluding hydrogens is 292 g/mol. The molecule has 0 spiro atoms. The molecule has 2 amide bonds. The van der Waals surface area contributed by atoms with Crippen molar-refractivity contribution >= 4 is 29.1 Å². The zero-order valence-electron chi connectivity index (χ0n) is 11.8. The molecule has 1 saturated heterocycles. The van der Waals surface area contributed by atoms with Crippen LogP contribution >= 0.6 is 11.6 Å². The van der Waals surface area contributed by atoms with E-state index in [2.05, 4.69) is 0 Å². The third-order valence-electron chi connectivity index (χ3n) is 3.79. The molecule has 6 heteroatoms. The summed E-state index contributed by atoms with van der Waals surface area (Å²) in [5, 5.41) is 0.495. The first-order valence-electron chi connectivity index (χ1n) is 7.09. The van der Waals surface area contributed by atoms with Crippen LogP contribution in [0.15, 0.2) is 18.2 Å². The molecule has 0 aromatic heterocycles. The van der Waals surface area contributed by atoms with Crippen molar-refractivity contribution in [3.63, 3.8) is 0 Å². The van der Waals surface area contributed by atoms with Crippen molar-refractivity contribution in [1.29, 1.82) is 0 Å². The quantitative estimate of drug-likeness (QED) is 0.840. The highest BCUT2D eigenvalue weighted by molar-refractivity contribution is 6.32. The van der Waals surface area contributed by atoms with Gasteiger partial charge in [0.15, 0.2) is 5.75 Å². The van der Waals surface area contributed by atoms with E-state index in [-0.39, 0.29) is 24.5 Å². The minimum absolute atomic E-state index is 0.0518. The summed E-state index contributed by atoms with van der Waals surface area (Å²) in [6.07, 6.45) is 1.24. The van der Waals surface area contributed by atoms with E-state index < -0.39 is 0 Å². The average molecular weight is 309 g/mol. The molecule has 112 valence electrons. The van der Waals surface area contributed by atoms with Gasteiger partial charge in [0.2, 0.25) is 11.8 Å². The molecule has 2 aliphatic rings. The lowest BCUT2D eigenvalue weighted by Crippen LogP contribution is -2.47. The summed E-state index contributed by atoms with van der Waals surface area (Å²) in [6.45, 7) is 3.14. The molecule has 1 atom stereocenters. The molecule has 0 unspecified atom stereocenters. The molecular formula is C15H17ClN2O3. The summed E-state index contributed by atoms with van der Waals surface area (Å²) >= 11 is 6.14. The second-order valence-corrected chi connectivity index (χ2v) is 5.85. The van der Waals surface area contributed by atoms with Crippen molar-refractivity contribution in [2.24, 2.45) is 0 Å². The molecule has 0 N–H and O–H groups in total. The highest BCUT2D eigenvalue weighted by Gasteiger charge is 2.31. The zero-order chi connectivity index (χ0) is 15.0. The Balaban J connectivity index is 1.84. The number of anilines is 1. The van der Waals surface area contributed by atoms with Gasteiger partial charge >= 0.3 is 0 Å². The van der Waals surface area contributed by atoms with E-state index in [0.29, 0.717) is 36.0 Å². The van der Waals surface area contributed by atoms with E-state index >= 15 is 0 Å². The number of fused-ring (bicyclic) bond motifs is 1. The first-order chi connectivity index (χ1) is 10.1. The van der Waals surface area contributed by atoms with Gasteiger partial charge in [-0.25, -0.2) is 0 Å². The Morgan fingerprint density at radius 1 is 1.48 bits per heavy atom. The number of hydrogen-bond donors (Lipinski definition) is 0. The number of carbonyl (C=O) groups is 2. The lowest BCUT2D eigenvalue weighted by molar-refractivity contribution is -0.132. The van der Waals surface area contributed by atoms with Crippen LogP contribution in [0.25, 0.3) is 0 Å². The van der Waals surface area contributed by atoms with Gasteiger partial charge in [-0.3, -0.25) is 9.59 Å². The molecule has 0 aliphatic carbocycles. The van der Waals surface area contributed by atoms with Crippen LogP contribution < -0.4 is 9.64 Å². The molecule has 3 rings (SSSR count). The van der Waals surface area contributed by atoms with Crippen molar-refractivity contribution < 1.29 is 14.3 Å². The zero-order valence-corrected chi connectivity index (χ0v) is 12.6. The molecule has 1 aromatic rings. The number of nitrogens with zero attached hydrogens (tertiary/aromatic N) is 2. The standard InChI is InChI=1S/C15H17ClN2O3/c1-10-8-18(12-5-2-4-11(16)15(12)21-10)14(20)9-17-7-3-6-13(17)19/h2,4-5,10H,3,6-9H2,1H3/t10-/m0/s1. The third kappa shape index (κ3) is 2.70. The lowest BCUT2D eigenvalue weighted by atomic mass is 10.2. The number of hydrogen-bond acceptors (Lipinski definition) is 3. The van der Waals surface area contributed by atoms with Crippen LogP contribution in [0.1, 0.15) is 19.8 Å². The maximum absolute atomic E-state index is 12.6. The van der Waals surface area contributed by atoms with Crippen LogP contribution in [0.3, 0.4) is 0 Å². The number of likely N-dealkylation sites (tertiary alicyclic amines) is 1. The van der Waals surface area contributed by atoms with Gasteiger partial charge in [-0.05, 0) is 25.5 Å². The number of benzene rings is 1. The normalized spacial score (nSPS) is 21.2. The number of ether oxygens (including phenoxy) is 1. The summed E-state index contributed by atoms with van der Waals surface area (Å²) in [5.74, 6) is 0.499. The van der Waals surface area contributed by atoms with Gasteiger partial charge < -0.3 is 14.5 Å². The summed E-state index contributed by atoms with van der Waals surface area (Å²) in [4.78, 5) is 27.5. The van der Waals surface area contributed by atoms with Crippen LogP contribution in [0.5, 0.6) is 5.75 Å². The van der Waals surface area contributed by atoms with E-state index in [9.17, 15) is 9.59 Å². The number of halogens is 1. The Kier molecular flexibility index (Phi) is 3.76. The Morgan fingerprint density at radius 2 is 2.29 bits per heavy atom. The second kappa shape index (κ2) is 5.56. The summed E-state index contributed by atoms with van der Waals surface area (Å²) in [5.41, 5.74) is 0.678. The number of carbonyl (C=O) groups excluding carboxylic acids is 2. The molecule has 1 aromatic carbocycles. The summed E-state index contributed by atoms with van der Waals surface area (Å²) < 4.78 is 5.73. The smallest absolute Gasteiger partial charge is 0.246 e. The maximum atomic E-state index is 12.6. The van der Waals surface area contributed by atoms with Crippen molar-refractivity contribution in [1.82, 2.24) is 4.90 Å². The van der Waals surface area contributed by atoms with Gasteiger partial charge in [0.25, 0.3) is 0 Å². The molecule has 2 aliphatic heterocycles. The van der Waals surface area contributed by atoms with E-state index in [0.717, 1.165) is 6.42 Å². The minimum Gasteiger partial charge on any atom is -0.485 e. The van der Waals surface area contributed by atoms with Crippen LogP contribution in [0.4, 0.5) is 5.69 Å². The van der Waals surface area contributed by atoms with Gasteiger partial charge in [0.1, 0.15) is 12.6 Å². The lowest BCUT2D eigenvalue weighted by Gasteiger charge is -2.34. The van der Waals surface area contributed by atoms with E-state index in [1.54, 1.807) is 21.9 Å². The number of rotatable bonds is 2.